The largest absolute Gasteiger partial charge is 0.465 e. The van der Waals surface area contributed by atoms with Crippen molar-refractivity contribution in [2.24, 2.45) is 0 Å². The molecule has 0 saturated carbocycles. The van der Waals surface area contributed by atoms with Crippen molar-refractivity contribution in [1.82, 2.24) is 4.98 Å². The van der Waals surface area contributed by atoms with Gasteiger partial charge in [-0.1, -0.05) is 0 Å². The van der Waals surface area contributed by atoms with Crippen LogP contribution in [-0.2, 0) is 4.74 Å². The minimum atomic E-state index is -0.387. The molecule has 106 valence electrons. The van der Waals surface area contributed by atoms with Crippen molar-refractivity contribution in [3.63, 3.8) is 0 Å². The normalized spacial score (nSPS) is 13.7. The van der Waals surface area contributed by atoms with Crippen LogP contribution in [0.15, 0.2) is 12.1 Å². The molecule has 19 heavy (non-hydrogen) atoms. The summed E-state index contributed by atoms with van der Waals surface area (Å²) in [6, 6.07) is 3.51. The molecular weight excluding hydrogens is 264 g/mol. The summed E-state index contributed by atoms with van der Waals surface area (Å²) in [5.74, 6) is 0.298. The summed E-state index contributed by atoms with van der Waals surface area (Å²) in [4.78, 5) is 15.8. The fourth-order valence-corrected chi connectivity index (χ4v) is 2.36. The van der Waals surface area contributed by atoms with Gasteiger partial charge in [-0.2, -0.15) is 11.8 Å². The SMILES string of the molecule is COC(=O)c1ccc(NC(C)C(CO)SC)nc1C. The molecule has 1 rings (SSSR count). The van der Waals surface area contributed by atoms with E-state index in [0.717, 1.165) is 0 Å². The number of aromatic nitrogens is 1. The molecular formula is C13H20N2O3S. The maximum atomic E-state index is 11.4. The molecule has 0 saturated heterocycles. The number of pyridine rings is 1. The number of methoxy groups -OCH3 is 1. The van der Waals surface area contributed by atoms with E-state index in [-0.39, 0.29) is 23.9 Å². The molecule has 0 aliphatic heterocycles. The van der Waals surface area contributed by atoms with Gasteiger partial charge in [0.1, 0.15) is 5.82 Å². The van der Waals surface area contributed by atoms with E-state index in [1.165, 1.54) is 7.11 Å². The Kier molecular flexibility index (Phi) is 6.11. The van der Waals surface area contributed by atoms with Crippen LogP contribution < -0.4 is 5.32 Å². The number of aliphatic hydroxyl groups is 1. The molecule has 5 nitrogen and oxygen atoms in total. The summed E-state index contributed by atoms with van der Waals surface area (Å²) in [6.45, 7) is 3.86. The van der Waals surface area contributed by atoms with Crippen molar-refractivity contribution in [2.45, 2.75) is 25.1 Å². The minimum Gasteiger partial charge on any atom is -0.465 e. The van der Waals surface area contributed by atoms with Gasteiger partial charge in [-0.3, -0.25) is 0 Å². The van der Waals surface area contributed by atoms with Gasteiger partial charge in [0.15, 0.2) is 0 Å². The van der Waals surface area contributed by atoms with Gasteiger partial charge in [-0.15, -0.1) is 0 Å². The van der Waals surface area contributed by atoms with Gasteiger partial charge < -0.3 is 15.2 Å². The molecule has 0 spiro atoms. The van der Waals surface area contributed by atoms with E-state index in [0.29, 0.717) is 17.1 Å². The second kappa shape index (κ2) is 7.35. The summed E-state index contributed by atoms with van der Waals surface area (Å²) in [5, 5.41) is 12.6. The number of hydrogen-bond acceptors (Lipinski definition) is 6. The third kappa shape index (κ3) is 4.11. The highest BCUT2D eigenvalue weighted by atomic mass is 32.2. The molecule has 1 aromatic rings. The first kappa shape index (κ1) is 15.8. The first-order valence-corrected chi connectivity index (χ1v) is 7.28. The summed E-state index contributed by atoms with van der Waals surface area (Å²) in [5.41, 5.74) is 1.08. The first-order valence-electron chi connectivity index (χ1n) is 5.99. The molecule has 2 atom stereocenters. The second-order valence-electron chi connectivity index (χ2n) is 4.21. The summed E-state index contributed by atoms with van der Waals surface area (Å²) < 4.78 is 4.68. The zero-order valence-corrected chi connectivity index (χ0v) is 12.5. The van der Waals surface area contributed by atoms with Crippen LogP contribution in [0, 0.1) is 6.92 Å². The Labute approximate surface area is 117 Å². The third-order valence-corrected chi connectivity index (χ3v) is 4.07. The summed E-state index contributed by atoms with van der Waals surface area (Å²) in [6.07, 6.45) is 1.96. The van der Waals surface area contributed by atoms with Gasteiger partial charge in [-0.25, -0.2) is 9.78 Å². The number of esters is 1. The Morgan fingerprint density at radius 2 is 2.26 bits per heavy atom. The molecule has 1 aromatic heterocycles. The lowest BCUT2D eigenvalue weighted by atomic mass is 10.2. The van der Waals surface area contributed by atoms with Crippen molar-refractivity contribution in [1.29, 1.82) is 0 Å². The van der Waals surface area contributed by atoms with Gasteiger partial charge in [0.2, 0.25) is 0 Å². The fourth-order valence-electron chi connectivity index (χ4n) is 1.73. The standard InChI is InChI=1S/C13H20N2O3S/c1-8-10(13(17)18-3)5-6-12(14-8)15-9(2)11(7-16)19-4/h5-6,9,11,16H,7H2,1-4H3,(H,14,15). The molecule has 0 radical (unpaired) electrons. The van der Waals surface area contributed by atoms with Crippen LogP contribution in [-0.4, -0.2) is 47.3 Å². The number of aryl methyl sites for hydroxylation is 1. The zero-order valence-electron chi connectivity index (χ0n) is 11.6. The van der Waals surface area contributed by atoms with Gasteiger partial charge in [0.05, 0.1) is 25.0 Å². The van der Waals surface area contributed by atoms with Crippen molar-refractivity contribution < 1.29 is 14.6 Å². The number of hydrogen-bond donors (Lipinski definition) is 2. The first-order chi connectivity index (χ1) is 9.03. The van der Waals surface area contributed by atoms with Gasteiger partial charge in [-0.05, 0) is 32.2 Å². The number of carbonyl (C=O) groups excluding carboxylic acids is 1. The molecule has 1 heterocycles. The lowest BCUT2D eigenvalue weighted by Crippen LogP contribution is -2.31. The number of nitrogens with one attached hydrogen (secondary N) is 1. The topological polar surface area (TPSA) is 71.5 Å². The summed E-state index contributed by atoms with van der Waals surface area (Å²) in [7, 11) is 1.35. The fraction of sp³-hybridized carbons (Fsp3) is 0.538. The molecule has 2 unspecified atom stereocenters. The molecule has 0 fully saturated rings. The minimum absolute atomic E-state index is 0.0795. The molecule has 0 aliphatic rings. The number of aliphatic hydroxyl groups excluding tert-OH is 1. The van der Waals surface area contributed by atoms with E-state index in [9.17, 15) is 9.90 Å². The van der Waals surface area contributed by atoms with Gasteiger partial charge >= 0.3 is 5.97 Å². The number of rotatable bonds is 6. The molecule has 0 bridgehead atoms. The Hall–Kier alpha value is -1.27. The highest BCUT2D eigenvalue weighted by Crippen LogP contribution is 2.17. The van der Waals surface area contributed by atoms with E-state index >= 15 is 0 Å². The van der Waals surface area contributed by atoms with E-state index in [4.69, 9.17) is 0 Å². The second-order valence-corrected chi connectivity index (χ2v) is 5.29. The maximum absolute atomic E-state index is 11.4. The lowest BCUT2D eigenvalue weighted by Gasteiger charge is -2.22. The number of carbonyl (C=O) groups is 1. The maximum Gasteiger partial charge on any atom is 0.339 e. The molecule has 0 amide bonds. The van der Waals surface area contributed by atoms with Crippen LogP contribution in [0.25, 0.3) is 0 Å². The van der Waals surface area contributed by atoms with Crippen LogP contribution in [0.2, 0.25) is 0 Å². The van der Waals surface area contributed by atoms with Crippen LogP contribution in [0.4, 0.5) is 5.82 Å². The lowest BCUT2D eigenvalue weighted by molar-refractivity contribution is 0.0599. The van der Waals surface area contributed by atoms with Crippen LogP contribution in [0.1, 0.15) is 23.0 Å². The number of nitrogens with zero attached hydrogens (tertiary/aromatic N) is 1. The predicted octanol–water partition coefficient (Wildman–Crippen LogP) is 1.70. The van der Waals surface area contributed by atoms with E-state index < -0.39 is 0 Å². The number of ether oxygens (including phenoxy) is 1. The zero-order chi connectivity index (χ0) is 14.4. The molecule has 0 aliphatic carbocycles. The highest BCUT2D eigenvalue weighted by molar-refractivity contribution is 7.99. The third-order valence-electron chi connectivity index (χ3n) is 2.91. The van der Waals surface area contributed by atoms with Crippen molar-refractivity contribution in [3.8, 4) is 0 Å². The van der Waals surface area contributed by atoms with E-state index in [2.05, 4.69) is 15.0 Å². The van der Waals surface area contributed by atoms with Crippen LogP contribution in [0.3, 0.4) is 0 Å². The van der Waals surface area contributed by atoms with Crippen LogP contribution in [0.5, 0.6) is 0 Å². The smallest absolute Gasteiger partial charge is 0.339 e. The Morgan fingerprint density at radius 1 is 1.58 bits per heavy atom. The van der Waals surface area contributed by atoms with Crippen molar-refractivity contribution >= 4 is 23.5 Å². The van der Waals surface area contributed by atoms with E-state index in [1.807, 2.05) is 13.2 Å². The summed E-state index contributed by atoms with van der Waals surface area (Å²) >= 11 is 1.60. The Balaban J connectivity index is 2.81. The number of thioether (sulfide) groups is 1. The Morgan fingerprint density at radius 3 is 2.74 bits per heavy atom. The van der Waals surface area contributed by atoms with Crippen molar-refractivity contribution in [2.75, 3.05) is 25.3 Å². The predicted molar refractivity (Wildman–Crippen MR) is 77.8 cm³/mol. The monoisotopic (exact) mass is 284 g/mol. The van der Waals surface area contributed by atoms with Crippen LogP contribution >= 0.6 is 11.8 Å². The quantitative estimate of drug-likeness (QED) is 0.775. The van der Waals surface area contributed by atoms with Crippen molar-refractivity contribution in [3.05, 3.63) is 23.4 Å². The average Bonchev–Trinajstić information content (AvgIpc) is 2.39. The molecule has 0 aromatic carbocycles. The average molecular weight is 284 g/mol. The number of anilines is 1. The highest BCUT2D eigenvalue weighted by Gasteiger charge is 2.16. The molecule has 6 heteroatoms. The van der Waals surface area contributed by atoms with Gasteiger partial charge in [0, 0.05) is 11.3 Å². The molecule has 2 N–H and O–H groups in total. The van der Waals surface area contributed by atoms with E-state index in [1.54, 1.807) is 30.8 Å². The Bertz CT molecular complexity index is 436. The van der Waals surface area contributed by atoms with Gasteiger partial charge in [0.25, 0.3) is 0 Å².